The number of likely N-dealkylation sites (N-methyl/N-ethyl adjacent to an activating group) is 1. The molecule has 0 spiro atoms. The van der Waals surface area contributed by atoms with Gasteiger partial charge >= 0.3 is 0 Å². The molecule has 0 amide bonds. The van der Waals surface area contributed by atoms with Crippen molar-refractivity contribution in [2.75, 3.05) is 50.5 Å². The van der Waals surface area contributed by atoms with Gasteiger partial charge in [0.25, 0.3) is 5.69 Å². The van der Waals surface area contributed by atoms with Crippen LogP contribution in [0.1, 0.15) is 6.92 Å². The Morgan fingerprint density at radius 2 is 2.19 bits per heavy atom. The topological polar surface area (TPSA) is 79.7 Å². The maximum absolute atomic E-state index is 10.9. The Labute approximate surface area is 124 Å². The van der Waals surface area contributed by atoms with Gasteiger partial charge < -0.3 is 15.4 Å². The van der Waals surface area contributed by atoms with Crippen molar-refractivity contribution in [2.45, 2.75) is 13.0 Å². The second kappa shape index (κ2) is 7.24. The zero-order valence-corrected chi connectivity index (χ0v) is 12.5. The minimum atomic E-state index is -0.387. The van der Waals surface area contributed by atoms with E-state index in [-0.39, 0.29) is 16.7 Å². The van der Waals surface area contributed by atoms with Crippen molar-refractivity contribution in [1.82, 2.24) is 4.90 Å². The van der Waals surface area contributed by atoms with E-state index in [4.69, 9.17) is 4.74 Å². The molecule has 1 aliphatic heterocycles. The number of rotatable bonds is 6. The highest BCUT2D eigenvalue weighted by molar-refractivity contribution is 5.63. The molecule has 1 unspecified atom stereocenters. The summed E-state index contributed by atoms with van der Waals surface area (Å²) in [5.41, 5.74) is 1.52. The van der Waals surface area contributed by atoms with Crippen LogP contribution in [0.5, 0.6) is 0 Å². The molecule has 7 nitrogen and oxygen atoms in total. The van der Waals surface area contributed by atoms with Crippen LogP contribution in [0.4, 0.5) is 17.1 Å². The van der Waals surface area contributed by atoms with Crippen LogP contribution in [0.2, 0.25) is 0 Å². The molecule has 0 aromatic heterocycles. The molecule has 0 saturated carbocycles. The highest BCUT2D eigenvalue weighted by Gasteiger charge is 2.19. The van der Waals surface area contributed by atoms with E-state index in [0.717, 1.165) is 31.9 Å². The SMILES string of the molecule is CCN1CCOC(CNc2cc(NC)cc([N+](=O)[O-])c2)C1. The molecule has 1 aliphatic rings. The Hall–Kier alpha value is -1.86. The Balaban J connectivity index is 1.99. The molecule has 0 radical (unpaired) electrons. The van der Waals surface area contributed by atoms with Crippen LogP contribution in [0.25, 0.3) is 0 Å². The molecular formula is C14H22N4O3. The smallest absolute Gasteiger partial charge is 0.273 e. The normalized spacial score (nSPS) is 19.2. The van der Waals surface area contributed by atoms with E-state index in [0.29, 0.717) is 12.2 Å². The van der Waals surface area contributed by atoms with Crippen LogP contribution < -0.4 is 10.6 Å². The number of ether oxygens (including phenoxy) is 1. The number of hydrogen-bond donors (Lipinski definition) is 2. The number of anilines is 2. The molecule has 1 fully saturated rings. The first-order valence-corrected chi connectivity index (χ1v) is 7.17. The fourth-order valence-corrected chi connectivity index (χ4v) is 2.39. The minimum absolute atomic E-state index is 0.0732. The Morgan fingerprint density at radius 1 is 1.43 bits per heavy atom. The van der Waals surface area contributed by atoms with Crippen molar-refractivity contribution in [2.24, 2.45) is 0 Å². The van der Waals surface area contributed by atoms with Gasteiger partial charge in [0, 0.05) is 50.2 Å². The number of nitro groups is 1. The Morgan fingerprint density at radius 3 is 2.86 bits per heavy atom. The summed E-state index contributed by atoms with van der Waals surface area (Å²) >= 11 is 0. The highest BCUT2D eigenvalue weighted by atomic mass is 16.6. The number of benzene rings is 1. The van der Waals surface area contributed by atoms with E-state index in [9.17, 15) is 10.1 Å². The van der Waals surface area contributed by atoms with Crippen LogP contribution >= 0.6 is 0 Å². The number of nitro benzene ring substituents is 1. The summed E-state index contributed by atoms with van der Waals surface area (Å²) in [5, 5.41) is 17.1. The van der Waals surface area contributed by atoms with Crippen LogP contribution in [0.15, 0.2) is 18.2 Å². The van der Waals surface area contributed by atoms with Crippen molar-refractivity contribution >= 4 is 17.1 Å². The largest absolute Gasteiger partial charge is 0.388 e. The second-order valence-electron chi connectivity index (χ2n) is 5.04. The predicted octanol–water partition coefficient (Wildman–Crippen LogP) is 1.77. The standard InChI is InChI=1S/C14H22N4O3/c1-3-17-4-5-21-14(10-17)9-16-12-6-11(15-2)7-13(8-12)18(19)20/h6-8,14-16H,3-5,9-10H2,1-2H3. The molecule has 0 aliphatic carbocycles. The fourth-order valence-electron chi connectivity index (χ4n) is 2.39. The van der Waals surface area contributed by atoms with Gasteiger partial charge in [0.2, 0.25) is 0 Å². The number of nitrogens with one attached hydrogen (secondary N) is 2. The monoisotopic (exact) mass is 294 g/mol. The van der Waals surface area contributed by atoms with Gasteiger partial charge in [-0.15, -0.1) is 0 Å². The average Bonchev–Trinajstić information content (AvgIpc) is 2.52. The first-order chi connectivity index (χ1) is 10.1. The summed E-state index contributed by atoms with van der Waals surface area (Å²) in [5.74, 6) is 0. The Kier molecular flexibility index (Phi) is 5.35. The van der Waals surface area contributed by atoms with Gasteiger partial charge in [-0.2, -0.15) is 0 Å². The van der Waals surface area contributed by atoms with Gasteiger partial charge in [-0.25, -0.2) is 0 Å². The van der Waals surface area contributed by atoms with E-state index in [2.05, 4.69) is 22.5 Å². The lowest BCUT2D eigenvalue weighted by Gasteiger charge is -2.32. The molecule has 1 atom stereocenters. The van der Waals surface area contributed by atoms with Crippen LogP contribution in [-0.4, -0.2) is 55.8 Å². The van der Waals surface area contributed by atoms with Crippen LogP contribution in [-0.2, 0) is 4.74 Å². The fraction of sp³-hybridized carbons (Fsp3) is 0.571. The van der Waals surface area contributed by atoms with Crippen molar-refractivity contribution in [3.63, 3.8) is 0 Å². The van der Waals surface area contributed by atoms with E-state index in [1.807, 2.05) is 6.07 Å². The molecular weight excluding hydrogens is 272 g/mol. The van der Waals surface area contributed by atoms with Gasteiger partial charge in [-0.05, 0) is 12.6 Å². The third kappa shape index (κ3) is 4.30. The van der Waals surface area contributed by atoms with Gasteiger partial charge in [0.15, 0.2) is 0 Å². The lowest BCUT2D eigenvalue weighted by Crippen LogP contribution is -2.45. The lowest BCUT2D eigenvalue weighted by atomic mass is 10.2. The van der Waals surface area contributed by atoms with E-state index < -0.39 is 0 Å². The molecule has 2 rings (SSSR count). The van der Waals surface area contributed by atoms with Gasteiger partial charge in [-0.1, -0.05) is 6.92 Å². The minimum Gasteiger partial charge on any atom is -0.388 e. The molecule has 1 saturated heterocycles. The van der Waals surface area contributed by atoms with Crippen molar-refractivity contribution in [1.29, 1.82) is 0 Å². The van der Waals surface area contributed by atoms with Crippen molar-refractivity contribution in [3.8, 4) is 0 Å². The van der Waals surface area contributed by atoms with Gasteiger partial charge in [0.1, 0.15) is 0 Å². The van der Waals surface area contributed by atoms with Gasteiger partial charge in [-0.3, -0.25) is 15.0 Å². The summed E-state index contributed by atoms with van der Waals surface area (Å²) in [4.78, 5) is 12.9. The molecule has 0 bridgehead atoms. The number of nitrogens with zero attached hydrogens (tertiary/aromatic N) is 2. The number of non-ortho nitro benzene ring substituents is 1. The summed E-state index contributed by atoms with van der Waals surface area (Å²) in [7, 11) is 1.74. The summed E-state index contributed by atoms with van der Waals surface area (Å²) in [6, 6.07) is 4.91. The average molecular weight is 294 g/mol. The van der Waals surface area contributed by atoms with E-state index in [1.165, 1.54) is 6.07 Å². The second-order valence-corrected chi connectivity index (χ2v) is 5.04. The van der Waals surface area contributed by atoms with Crippen molar-refractivity contribution < 1.29 is 9.66 Å². The third-order valence-electron chi connectivity index (χ3n) is 3.62. The maximum atomic E-state index is 10.9. The Bertz CT molecular complexity index is 495. The van der Waals surface area contributed by atoms with Crippen LogP contribution in [0.3, 0.4) is 0 Å². The predicted molar refractivity (Wildman–Crippen MR) is 83.0 cm³/mol. The molecule has 2 N–H and O–H groups in total. The quantitative estimate of drug-likeness (QED) is 0.615. The summed E-state index contributed by atoms with van der Waals surface area (Å²) in [6.45, 7) is 6.37. The first-order valence-electron chi connectivity index (χ1n) is 7.17. The molecule has 1 aromatic carbocycles. The highest BCUT2D eigenvalue weighted by Crippen LogP contribution is 2.24. The number of hydrogen-bond acceptors (Lipinski definition) is 6. The van der Waals surface area contributed by atoms with Gasteiger partial charge in [0.05, 0.1) is 17.6 Å². The molecule has 1 heterocycles. The number of morpholine rings is 1. The van der Waals surface area contributed by atoms with E-state index in [1.54, 1.807) is 13.1 Å². The third-order valence-corrected chi connectivity index (χ3v) is 3.62. The van der Waals surface area contributed by atoms with Crippen LogP contribution in [0, 0.1) is 10.1 Å². The molecule has 7 heteroatoms. The first kappa shape index (κ1) is 15.5. The van der Waals surface area contributed by atoms with Crippen molar-refractivity contribution in [3.05, 3.63) is 28.3 Å². The molecule has 21 heavy (non-hydrogen) atoms. The summed E-state index contributed by atoms with van der Waals surface area (Å²) in [6.07, 6.45) is 0.107. The maximum Gasteiger partial charge on any atom is 0.273 e. The zero-order chi connectivity index (χ0) is 15.2. The zero-order valence-electron chi connectivity index (χ0n) is 12.5. The molecule has 1 aromatic rings. The lowest BCUT2D eigenvalue weighted by molar-refractivity contribution is -0.384. The summed E-state index contributed by atoms with van der Waals surface area (Å²) < 4.78 is 5.71. The molecule has 116 valence electrons. The van der Waals surface area contributed by atoms with E-state index >= 15 is 0 Å².